The Balaban J connectivity index is 3.99. The van der Waals surface area contributed by atoms with E-state index in [1.807, 2.05) is 0 Å². The second kappa shape index (κ2) is 7.24. The molecular formula is C10H18N2O2. The first kappa shape index (κ1) is 12.8. The number of hydrogen-bond donors (Lipinski definition) is 0. The number of hydroxylamine groups is 1. The average molecular weight is 198 g/mol. The molecule has 0 rings (SSSR count). The van der Waals surface area contributed by atoms with Gasteiger partial charge in [-0.05, 0) is 37.9 Å². The van der Waals surface area contributed by atoms with Crippen molar-refractivity contribution in [3.8, 4) is 0 Å². The molecule has 0 unspecified atom stereocenters. The monoisotopic (exact) mass is 198 g/mol. The van der Waals surface area contributed by atoms with Crippen LogP contribution in [0.5, 0.6) is 0 Å². The molecule has 0 bridgehead atoms. The summed E-state index contributed by atoms with van der Waals surface area (Å²) in [6.07, 6.45) is 6.16. The predicted molar refractivity (Wildman–Crippen MR) is 54.9 cm³/mol. The van der Waals surface area contributed by atoms with Gasteiger partial charge in [0.25, 0.3) is 0 Å². The molecule has 0 spiro atoms. The van der Waals surface area contributed by atoms with Crippen LogP contribution in [0, 0.1) is 5.21 Å². The number of ketones is 1. The lowest BCUT2D eigenvalue weighted by Crippen LogP contribution is -2.12. The molecule has 80 valence electrons. The van der Waals surface area contributed by atoms with Crippen LogP contribution < -0.4 is 0 Å². The van der Waals surface area contributed by atoms with Gasteiger partial charge in [0.1, 0.15) is 0 Å². The van der Waals surface area contributed by atoms with Crippen LogP contribution in [0.15, 0.2) is 17.4 Å². The summed E-state index contributed by atoms with van der Waals surface area (Å²) < 4.78 is 0. The zero-order chi connectivity index (χ0) is 11.0. The van der Waals surface area contributed by atoms with E-state index >= 15 is 0 Å². The second-order valence-electron chi connectivity index (χ2n) is 3.23. The van der Waals surface area contributed by atoms with Gasteiger partial charge in [-0.1, -0.05) is 18.2 Å². The Hall–Kier alpha value is -1.19. The molecule has 0 saturated heterocycles. The first-order valence-corrected chi connectivity index (χ1v) is 4.92. The topological polar surface area (TPSA) is 55.5 Å². The standard InChI is InChI=1S/C10H18N2O2/c1-4-5-6-7-8-12(14)11-9(2)10(3)13/h7-9H,4-6H2,1-3H3/b8-7+,12-11?/t9-/m1/s1. The Morgan fingerprint density at radius 2 is 2.29 bits per heavy atom. The smallest absolute Gasteiger partial charge is 0.205 e. The summed E-state index contributed by atoms with van der Waals surface area (Å²) in [7, 11) is 0. The summed E-state index contributed by atoms with van der Waals surface area (Å²) in [5, 5.41) is 14.6. The molecule has 0 aliphatic carbocycles. The summed E-state index contributed by atoms with van der Waals surface area (Å²) >= 11 is 0. The van der Waals surface area contributed by atoms with Crippen molar-refractivity contribution in [2.24, 2.45) is 5.11 Å². The van der Waals surface area contributed by atoms with E-state index in [0.29, 0.717) is 4.86 Å². The molecule has 0 saturated carbocycles. The molecular weight excluding hydrogens is 180 g/mol. The normalized spacial score (nSPS) is 14.6. The molecule has 0 aromatic carbocycles. The molecule has 0 aromatic rings. The van der Waals surface area contributed by atoms with Crippen LogP contribution in [0.2, 0.25) is 0 Å². The molecule has 0 aliphatic rings. The SMILES string of the molecule is CCCC/C=C/[N+]([O-])=N[C@H](C)C(C)=O. The highest BCUT2D eigenvalue weighted by Crippen LogP contribution is 1.96. The van der Waals surface area contributed by atoms with E-state index < -0.39 is 6.04 Å². The molecule has 0 aromatic heterocycles. The fourth-order valence-electron chi connectivity index (χ4n) is 0.777. The lowest BCUT2D eigenvalue weighted by Gasteiger charge is -1.98. The lowest BCUT2D eigenvalue weighted by atomic mass is 10.2. The van der Waals surface area contributed by atoms with Crippen molar-refractivity contribution in [3.05, 3.63) is 17.5 Å². The van der Waals surface area contributed by atoms with Crippen molar-refractivity contribution in [2.75, 3.05) is 0 Å². The van der Waals surface area contributed by atoms with Gasteiger partial charge in [0.2, 0.25) is 6.20 Å². The van der Waals surface area contributed by atoms with Gasteiger partial charge in [-0.15, -0.1) is 0 Å². The maximum Gasteiger partial charge on any atom is 0.205 e. The number of carbonyl (C=O) groups excluding carboxylic acids is 1. The Bertz CT molecular complexity index is 234. The van der Waals surface area contributed by atoms with E-state index in [0.717, 1.165) is 19.3 Å². The minimum Gasteiger partial charge on any atom is -0.595 e. The fraction of sp³-hybridized carbons (Fsp3) is 0.700. The minimum atomic E-state index is -0.552. The van der Waals surface area contributed by atoms with Gasteiger partial charge in [0.05, 0.1) is 0 Å². The summed E-state index contributed by atoms with van der Waals surface area (Å²) in [5.41, 5.74) is 0. The number of unbranched alkanes of at least 4 members (excludes halogenated alkanes) is 2. The van der Waals surface area contributed by atoms with Gasteiger partial charge in [-0.2, -0.15) is 0 Å². The average Bonchev–Trinajstić information content (AvgIpc) is 2.12. The minimum absolute atomic E-state index is 0.104. The van der Waals surface area contributed by atoms with Crippen LogP contribution in [-0.4, -0.2) is 16.7 Å². The van der Waals surface area contributed by atoms with Crippen LogP contribution in [0.25, 0.3) is 0 Å². The molecule has 0 fully saturated rings. The van der Waals surface area contributed by atoms with E-state index in [9.17, 15) is 10.0 Å². The summed E-state index contributed by atoms with van der Waals surface area (Å²) in [5.74, 6) is -0.104. The molecule has 0 heterocycles. The van der Waals surface area contributed by atoms with Crippen molar-refractivity contribution in [1.82, 2.24) is 0 Å². The van der Waals surface area contributed by atoms with E-state index in [4.69, 9.17) is 0 Å². The summed E-state index contributed by atoms with van der Waals surface area (Å²) in [4.78, 5) is 11.2. The number of allylic oxidation sites excluding steroid dienone is 1. The first-order valence-electron chi connectivity index (χ1n) is 4.92. The second-order valence-corrected chi connectivity index (χ2v) is 3.23. The third-order valence-electron chi connectivity index (χ3n) is 1.83. The largest absolute Gasteiger partial charge is 0.595 e. The third-order valence-corrected chi connectivity index (χ3v) is 1.83. The Kier molecular flexibility index (Phi) is 6.62. The molecule has 0 radical (unpaired) electrons. The quantitative estimate of drug-likeness (QED) is 0.285. The maximum absolute atomic E-state index is 11.0. The number of nitrogens with zero attached hydrogens (tertiary/aromatic N) is 2. The molecule has 0 aliphatic heterocycles. The van der Waals surface area contributed by atoms with Crippen molar-refractivity contribution < 1.29 is 9.66 Å². The van der Waals surface area contributed by atoms with Crippen molar-refractivity contribution in [1.29, 1.82) is 0 Å². The Morgan fingerprint density at radius 3 is 2.79 bits per heavy atom. The van der Waals surface area contributed by atoms with Gasteiger partial charge in [0, 0.05) is 0 Å². The van der Waals surface area contributed by atoms with Gasteiger partial charge in [0.15, 0.2) is 11.8 Å². The zero-order valence-electron chi connectivity index (χ0n) is 9.06. The van der Waals surface area contributed by atoms with Crippen molar-refractivity contribution in [2.45, 2.75) is 46.1 Å². The fourth-order valence-corrected chi connectivity index (χ4v) is 0.777. The predicted octanol–water partition coefficient (Wildman–Crippen LogP) is 2.63. The molecule has 0 N–H and O–H groups in total. The molecule has 0 amide bonds. The van der Waals surface area contributed by atoms with Crippen molar-refractivity contribution in [3.63, 3.8) is 0 Å². The Morgan fingerprint density at radius 1 is 1.64 bits per heavy atom. The molecule has 4 nitrogen and oxygen atoms in total. The number of hydrogen-bond acceptors (Lipinski definition) is 3. The van der Waals surface area contributed by atoms with Crippen LogP contribution in [0.3, 0.4) is 0 Å². The number of carbonyl (C=O) groups is 1. The van der Waals surface area contributed by atoms with Crippen molar-refractivity contribution >= 4 is 5.78 Å². The van der Waals surface area contributed by atoms with Crippen LogP contribution in [0.4, 0.5) is 0 Å². The van der Waals surface area contributed by atoms with Gasteiger partial charge in [-0.3, -0.25) is 4.79 Å². The van der Waals surface area contributed by atoms with E-state index in [-0.39, 0.29) is 5.78 Å². The third kappa shape index (κ3) is 6.34. The van der Waals surface area contributed by atoms with E-state index in [1.165, 1.54) is 13.1 Å². The number of azo groups is 1. The number of rotatable bonds is 6. The zero-order valence-corrected chi connectivity index (χ0v) is 9.06. The van der Waals surface area contributed by atoms with Crippen LogP contribution >= 0.6 is 0 Å². The van der Waals surface area contributed by atoms with Crippen LogP contribution in [0.1, 0.15) is 40.0 Å². The highest BCUT2D eigenvalue weighted by molar-refractivity contribution is 5.80. The lowest BCUT2D eigenvalue weighted by molar-refractivity contribution is -0.461. The molecule has 1 atom stereocenters. The van der Waals surface area contributed by atoms with E-state index in [1.54, 1.807) is 13.0 Å². The summed E-state index contributed by atoms with van der Waals surface area (Å²) in [6.45, 7) is 5.11. The van der Waals surface area contributed by atoms with E-state index in [2.05, 4.69) is 12.0 Å². The highest BCUT2D eigenvalue weighted by atomic mass is 16.5. The first-order chi connectivity index (χ1) is 6.57. The molecule has 4 heteroatoms. The molecule has 14 heavy (non-hydrogen) atoms. The van der Waals surface area contributed by atoms with Gasteiger partial charge in [-0.25, -0.2) is 0 Å². The van der Waals surface area contributed by atoms with Gasteiger partial charge >= 0.3 is 0 Å². The van der Waals surface area contributed by atoms with Crippen LogP contribution in [-0.2, 0) is 4.79 Å². The number of Topliss-reactive ketones (excluding diaryl/α,β-unsaturated/α-hetero) is 1. The van der Waals surface area contributed by atoms with Gasteiger partial charge < -0.3 is 5.21 Å². The summed E-state index contributed by atoms with van der Waals surface area (Å²) in [6, 6.07) is -0.552. The highest BCUT2D eigenvalue weighted by Gasteiger charge is 2.08. The Labute approximate surface area is 84.9 Å². The maximum atomic E-state index is 11.0.